The van der Waals surface area contributed by atoms with Gasteiger partial charge < -0.3 is 15.2 Å². The summed E-state index contributed by atoms with van der Waals surface area (Å²) in [6.07, 6.45) is 0.928. The molecule has 0 aliphatic rings. The van der Waals surface area contributed by atoms with Crippen molar-refractivity contribution in [3.8, 4) is 11.5 Å². The van der Waals surface area contributed by atoms with E-state index in [1.807, 2.05) is 78.9 Å². The molecule has 0 fully saturated rings. The Morgan fingerprint density at radius 1 is 0.649 bits per heavy atom. The van der Waals surface area contributed by atoms with E-state index in [9.17, 15) is 9.59 Å². The Labute approximate surface area is 217 Å². The SMILES string of the molecule is CCc1ccc(C(=O)Cc2ccc(C(=O)CN)cc2OCc2ccccc2)cc1OCc1ccccc1. The Kier molecular flexibility index (Phi) is 8.84. The van der Waals surface area contributed by atoms with Gasteiger partial charge in [0.15, 0.2) is 11.6 Å². The molecule has 5 nitrogen and oxygen atoms in total. The maximum atomic E-state index is 13.3. The summed E-state index contributed by atoms with van der Waals surface area (Å²) in [6.45, 7) is 2.73. The Morgan fingerprint density at radius 2 is 1.14 bits per heavy atom. The first kappa shape index (κ1) is 25.9. The van der Waals surface area contributed by atoms with Crippen LogP contribution < -0.4 is 15.2 Å². The van der Waals surface area contributed by atoms with E-state index in [1.54, 1.807) is 18.2 Å². The molecule has 2 N–H and O–H groups in total. The van der Waals surface area contributed by atoms with E-state index in [2.05, 4.69) is 6.92 Å². The lowest BCUT2D eigenvalue weighted by Crippen LogP contribution is -2.14. The normalized spacial score (nSPS) is 10.6. The molecule has 4 aromatic rings. The summed E-state index contributed by atoms with van der Waals surface area (Å²) in [5, 5.41) is 0. The fraction of sp³-hybridized carbons (Fsp3) is 0.188. The number of rotatable bonds is 12. The molecular weight excluding hydrogens is 462 g/mol. The van der Waals surface area contributed by atoms with Crippen LogP contribution in [0.1, 0.15) is 49.9 Å². The van der Waals surface area contributed by atoms with E-state index in [-0.39, 0.29) is 24.5 Å². The van der Waals surface area contributed by atoms with Gasteiger partial charge in [0.05, 0.1) is 6.54 Å². The summed E-state index contributed by atoms with van der Waals surface area (Å²) in [4.78, 5) is 25.5. The van der Waals surface area contributed by atoms with E-state index < -0.39 is 0 Å². The van der Waals surface area contributed by atoms with Gasteiger partial charge >= 0.3 is 0 Å². The van der Waals surface area contributed by atoms with Crippen LogP contribution in [0.2, 0.25) is 0 Å². The molecule has 0 aliphatic heterocycles. The number of hydrogen-bond donors (Lipinski definition) is 1. The number of Topliss-reactive ketones (excluding diaryl/α,β-unsaturated/α-hetero) is 2. The first-order valence-corrected chi connectivity index (χ1v) is 12.4. The van der Waals surface area contributed by atoms with E-state index >= 15 is 0 Å². The largest absolute Gasteiger partial charge is 0.489 e. The van der Waals surface area contributed by atoms with Gasteiger partial charge in [0.25, 0.3) is 0 Å². The Hall–Kier alpha value is -4.22. The molecule has 0 atom stereocenters. The van der Waals surface area contributed by atoms with Crippen LogP contribution in [0.25, 0.3) is 0 Å². The second-order valence-corrected chi connectivity index (χ2v) is 8.77. The van der Waals surface area contributed by atoms with Crippen molar-refractivity contribution in [3.63, 3.8) is 0 Å². The van der Waals surface area contributed by atoms with Crippen molar-refractivity contribution in [2.75, 3.05) is 6.54 Å². The van der Waals surface area contributed by atoms with Crippen LogP contribution >= 0.6 is 0 Å². The van der Waals surface area contributed by atoms with Crippen LogP contribution in [-0.4, -0.2) is 18.1 Å². The number of ketones is 2. The third kappa shape index (κ3) is 6.93. The van der Waals surface area contributed by atoms with E-state index in [0.29, 0.717) is 41.4 Å². The summed E-state index contributed by atoms with van der Waals surface area (Å²) in [5.74, 6) is 0.969. The number of hydrogen-bond acceptors (Lipinski definition) is 5. The highest BCUT2D eigenvalue weighted by atomic mass is 16.5. The quantitative estimate of drug-likeness (QED) is 0.246. The average molecular weight is 494 g/mol. The second-order valence-electron chi connectivity index (χ2n) is 8.77. The number of carbonyl (C=O) groups excluding carboxylic acids is 2. The molecule has 0 aromatic heterocycles. The van der Waals surface area contributed by atoms with Crippen molar-refractivity contribution < 1.29 is 19.1 Å². The Bertz CT molecular complexity index is 1350. The minimum absolute atomic E-state index is 0.0605. The monoisotopic (exact) mass is 493 g/mol. The molecule has 0 saturated carbocycles. The van der Waals surface area contributed by atoms with Crippen molar-refractivity contribution in [2.24, 2.45) is 5.73 Å². The molecule has 0 unspecified atom stereocenters. The second kappa shape index (κ2) is 12.7. The number of benzene rings is 4. The van der Waals surface area contributed by atoms with Crippen LogP contribution in [0.4, 0.5) is 0 Å². The van der Waals surface area contributed by atoms with Gasteiger partial charge in [-0.1, -0.05) is 91.9 Å². The van der Waals surface area contributed by atoms with Crippen LogP contribution in [-0.2, 0) is 26.1 Å². The standard InChI is InChI=1S/C32H31NO4/c1-2-25-13-14-26(18-31(25)36-21-23-9-5-3-6-10-23)29(34)17-28-16-15-27(30(35)20-33)19-32(28)37-22-24-11-7-4-8-12-24/h3-16,18-19H,2,17,20-22,33H2,1H3. The molecule has 0 saturated heterocycles. The first-order valence-electron chi connectivity index (χ1n) is 12.4. The predicted molar refractivity (Wildman–Crippen MR) is 145 cm³/mol. The summed E-state index contributed by atoms with van der Waals surface area (Å²) in [7, 11) is 0. The van der Waals surface area contributed by atoms with Crippen molar-refractivity contribution >= 4 is 11.6 Å². The molecular formula is C32H31NO4. The molecule has 0 bridgehead atoms. The van der Waals surface area contributed by atoms with Crippen molar-refractivity contribution in [1.82, 2.24) is 0 Å². The van der Waals surface area contributed by atoms with Crippen LogP contribution in [0.15, 0.2) is 97.1 Å². The zero-order chi connectivity index (χ0) is 26.0. The maximum absolute atomic E-state index is 13.3. The third-order valence-corrected chi connectivity index (χ3v) is 6.17. The Morgan fingerprint density at radius 3 is 1.65 bits per heavy atom. The van der Waals surface area contributed by atoms with Gasteiger partial charge in [-0.05, 0) is 35.2 Å². The smallest absolute Gasteiger partial charge is 0.176 e. The van der Waals surface area contributed by atoms with Gasteiger partial charge in [0.2, 0.25) is 0 Å². The molecule has 37 heavy (non-hydrogen) atoms. The third-order valence-electron chi connectivity index (χ3n) is 6.17. The predicted octanol–water partition coefficient (Wildman–Crippen LogP) is 5.97. The molecule has 5 heteroatoms. The van der Waals surface area contributed by atoms with Gasteiger partial charge in [0.1, 0.15) is 24.7 Å². The summed E-state index contributed by atoms with van der Waals surface area (Å²) in [6, 6.07) is 30.4. The topological polar surface area (TPSA) is 78.6 Å². The Balaban J connectivity index is 1.55. The fourth-order valence-corrected chi connectivity index (χ4v) is 4.03. The minimum Gasteiger partial charge on any atom is -0.489 e. The lowest BCUT2D eigenvalue weighted by atomic mass is 9.98. The highest BCUT2D eigenvalue weighted by Crippen LogP contribution is 2.27. The molecule has 0 heterocycles. The average Bonchev–Trinajstić information content (AvgIpc) is 2.96. The maximum Gasteiger partial charge on any atom is 0.176 e. The molecule has 4 aromatic carbocycles. The molecule has 0 amide bonds. The van der Waals surface area contributed by atoms with Crippen molar-refractivity contribution in [3.05, 3.63) is 130 Å². The van der Waals surface area contributed by atoms with Gasteiger partial charge in [-0.25, -0.2) is 0 Å². The lowest BCUT2D eigenvalue weighted by Gasteiger charge is -2.14. The minimum atomic E-state index is -0.183. The van der Waals surface area contributed by atoms with E-state index in [0.717, 1.165) is 23.1 Å². The van der Waals surface area contributed by atoms with E-state index in [1.165, 1.54) is 0 Å². The summed E-state index contributed by atoms with van der Waals surface area (Å²) in [5.41, 5.74) is 10.4. The summed E-state index contributed by atoms with van der Waals surface area (Å²) >= 11 is 0. The number of carbonyl (C=O) groups is 2. The van der Waals surface area contributed by atoms with Crippen LogP contribution in [0, 0.1) is 0 Å². The molecule has 4 rings (SSSR count). The van der Waals surface area contributed by atoms with Crippen LogP contribution in [0.5, 0.6) is 11.5 Å². The molecule has 0 spiro atoms. The number of nitrogens with two attached hydrogens (primary N) is 1. The summed E-state index contributed by atoms with van der Waals surface area (Å²) < 4.78 is 12.2. The molecule has 0 radical (unpaired) electrons. The van der Waals surface area contributed by atoms with Gasteiger partial charge in [0, 0.05) is 23.1 Å². The zero-order valence-electron chi connectivity index (χ0n) is 21.0. The van der Waals surface area contributed by atoms with Crippen molar-refractivity contribution in [2.45, 2.75) is 33.0 Å². The van der Waals surface area contributed by atoms with E-state index in [4.69, 9.17) is 15.2 Å². The lowest BCUT2D eigenvalue weighted by molar-refractivity contribution is 0.0988. The molecule has 0 aliphatic carbocycles. The highest BCUT2D eigenvalue weighted by molar-refractivity contribution is 6.00. The van der Waals surface area contributed by atoms with Gasteiger partial charge in [-0.3, -0.25) is 9.59 Å². The van der Waals surface area contributed by atoms with Crippen molar-refractivity contribution in [1.29, 1.82) is 0 Å². The zero-order valence-corrected chi connectivity index (χ0v) is 21.0. The molecule has 188 valence electrons. The first-order chi connectivity index (χ1) is 18.1. The number of ether oxygens (including phenoxy) is 2. The van der Waals surface area contributed by atoms with Gasteiger partial charge in [-0.15, -0.1) is 0 Å². The van der Waals surface area contributed by atoms with Gasteiger partial charge in [-0.2, -0.15) is 0 Å². The highest BCUT2D eigenvalue weighted by Gasteiger charge is 2.16. The fourth-order valence-electron chi connectivity index (χ4n) is 4.03. The van der Waals surface area contributed by atoms with Crippen LogP contribution in [0.3, 0.4) is 0 Å². The number of aryl methyl sites for hydroxylation is 1.